The Bertz CT molecular complexity index is 964. The summed E-state index contributed by atoms with van der Waals surface area (Å²) in [6.07, 6.45) is 2.36. The van der Waals surface area contributed by atoms with Gasteiger partial charge in [-0.3, -0.25) is 9.10 Å². The normalized spacial score (nSPS) is 11.4. The van der Waals surface area contributed by atoms with E-state index in [9.17, 15) is 13.2 Å². The van der Waals surface area contributed by atoms with Crippen molar-refractivity contribution in [2.24, 2.45) is 5.10 Å². The maximum atomic E-state index is 12.2. The van der Waals surface area contributed by atoms with Crippen molar-refractivity contribution >= 4 is 51.0 Å². The van der Waals surface area contributed by atoms with Gasteiger partial charge < -0.3 is 4.74 Å². The van der Waals surface area contributed by atoms with Crippen LogP contribution in [0.3, 0.4) is 0 Å². The monoisotopic (exact) mass is 429 g/mol. The lowest BCUT2D eigenvalue weighted by Gasteiger charge is -2.22. The minimum absolute atomic E-state index is 0.107. The molecule has 10 heteroatoms. The van der Waals surface area contributed by atoms with Crippen molar-refractivity contribution in [1.82, 2.24) is 5.43 Å². The van der Waals surface area contributed by atoms with Gasteiger partial charge in [-0.25, -0.2) is 13.8 Å². The summed E-state index contributed by atoms with van der Waals surface area (Å²) in [7, 11) is -2.26. The van der Waals surface area contributed by atoms with E-state index in [1.807, 2.05) is 0 Å². The number of nitrogens with zero attached hydrogens (tertiary/aromatic N) is 2. The molecule has 0 aliphatic rings. The van der Waals surface area contributed by atoms with Gasteiger partial charge in [0, 0.05) is 10.6 Å². The third-order valence-corrected chi connectivity index (χ3v) is 5.08. The fourth-order valence-corrected chi connectivity index (χ4v) is 3.47. The number of hydrogen-bond donors (Lipinski definition) is 1. The van der Waals surface area contributed by atoms with Crippen molar-refractivity contribution in [3.63, 3.8) is 0 Å². The van der Waals surface area contributed by atoms with Crippen LogP contribution in [0.1, 0.15) is 5.56 Å². The van der Waals surface area contributed by atoms with Crippen molar-refractivity contribution in [1.29, 1.82) is 0 Å². The van der Waals surface area contributed by atoms with Crippen LogP contribution in [0.4, 0.5) is 5.69 Å². The van der Waals surface area contributed by atoms with E-state index in [1.165, 1.54) is 31.5 Å². The summed E-state index contributed by atoms with van der Waals surface area (Å²) < 4.78 is 30.2. The highest BCUT2D eigenvalue weighted by molar-refractivity contribution is 7.92. The van der Waals surface area contributed by atoms with E-state index < -0.39 is 22.5 Å². The highest BCUT2D eigenvalue weighted by Gasteiger charge is 2.23. The van der Waals surface area contributed by atoms with Crippen LogP contribution < -0.4 is 14.5 Å². The zero-order chi connectivity index (χ0) is 20.0. The molecule has 0 bridgehead atoms. The Kier molecular flexibility index (Phi) is 7.06. The Hall–Kier alpha value is -2.29. The lowest BCUT2D eigenvalue weighted by molar-refractivity contribution is -0.119. The maximum absolute atomic E-state index is 12.2. The van der Waals surface area contributed by atoms with Crippen LogP contribution >= 0.6 is 23.2 Å². The van der Waals surface area contributed by atoms with Crippen molar-refractivity contribution in [3.8, 4) is 5.75 Å². The van der Waals surface area contributed by atoms with Crippen molar-refractivity contribution in [2.75, 3.05) is 24.2 Å². The second-order valence-electron chi connectivity index (χ2n) is 5.40. The quantitative estimate of drug-likeness (QED) is 0.541. The predicted molar refractivity (Wildman–Crippen MR) is 107 cm³/mol. The van der Waals surface area contributed by atoms with E-state index >= 15 is 0 Å². The highest BCUT2D eigenvalue weighted by atomic mass is 35.5. The lowest BCUT2D eigenvalue weighted by atomic mass is 10.2. The topological polar surface area (TPSA) is 88.1 Å². The highest BCUT2D eigenvalue weighted by Crippen LogP contribution is 2.30. The summed E-state index contributed by atoms with van der Waals surface area (Å²) >= 11 is 12.0. The van der Waals surface area contributed by atoms with Crippen molar-refractivity contribution in [3.05, 3.63) is 58.1 Å². The van der Waals surface area contributed by atoms with Gasteiger partial charge in [-0.1, -0.05) is 35.3 Å². The van der Waals surface area contributed by atoms with E-state index in [0.717, 1.165) is 10.6 Å². The van der Waals surface area contributed by atoms with Gasteiger partial charge in [-0.15, -0.1) is 0 Å². The molecular weight excluding hydrogens is 413 g/mol. The third kappa shape index (κ3) is 5.85. The number of carbonyl (C=O) groups is 1. The van der Waals surface area contributed by atoms with Crippen LogP contribution in [-0.4, -0.2) is 40.4 Å². The van der Waals surface area contributed by atoms with Crippen molar-refractivity contribution in [2.45, 2.75) is 0 Å². The summed E-state index contributed by atoms with van der Waals surface area (Å²) in [4.78, 5) is 12.2. The minimum atomic E-state index is -3.78. The van der Waals surface area contributed by atoms with Crippen LogP contribution in [0.5, 0.6) is 5.75 Å². The molecule has 0 atom stereocenters. The molecule has 1 amide bonds. The summed E-state index contributed by atoms with van der Waals surface area (Å²) in [5, 5.41) is 4.27. The standard InChI is InChI=1S/C17H17Cl2N3O4S/c1-26-16-6-4-3-5-12(16)10-20-21-17(23)11-22(27(2,24)25)15-9-13(18)7-8-14(15)19/h3-10H,11H2,1-2H3,(H,21,23)/b20-10-. The minimum Gasteiger partial charge on any atom is -0.496 e. The number of amides is 1. The van der Waals surface area contributed by atoms with Gasteiger partial charge in [0.05, 0.1) is 30.3 Å². The summed E-state index contributed by atoms with van der Waals surface area (Å²) in [5.41, 5.74) is 3.04. The maximum Gasteiger partial charge on any atom is 0.260 e. The number of carbonyl (C=O) groups excluding carboxylic acids is 1. The molecule has 27 heavy (non-hydrogen) atoms. The molecule has 0 aliphatic heterocycles. The molecule has 1 N–H and O–H groups in total. The molecule has 144 valence electrons. The molecule has 0 saturated carbocycles. The zero-order valence-corrected chi connectivity index (χ0v) is 16.8. The number of nitrogens with one attached hydrogen (secondary N) is 1. The third-order valence-electron chi connectivity index (χ3n) is 3.40. The van der Waals surface area contributed by atoms with Crippen LogP contribution in [0.25, 0.3) is 0 Å². The number of benzene rings is 2. The number of ether oxygens (including phenoxy) is 1. The fraction of sp³-hybridized carbons (Fsp3) is 0.176. The molecule has 0 radical (unpaired) electrons. The number of halogens is 2. The lowest BCUT2D eigenvalue weighted by Crippen LogP contribution is -2.39. The molecular formula is C17H17Cl2N3O4S. The molecule has 2 aromatic carbocycles. The molecule has 2 aromatic rings. The van der Waals surface area contributed by atoms with Gasteiger partial charge in [-0.05, 0) is 30.3 Å². The number of anilines is 1. The molecule has 0 spiro atoms. The first-order valence-electron chi connectivity index (χ1n) is 7.60. The Labute approximate surface area is 167 Å². The van der Waals surface area contributed by atoms with Crippen LogP contribution in [0.15, 0.2) is 47.6 Å². The van der Waals surface area contributed by atoms with Gasteiger partial charge in [0.2, 0.25) is 10.0 Å². The Morgan fingerprint density at radius 3 is 2.63 bits per heavy atom. The summed E-state index contributed by atoms with van der Waals surface area (Å²) in [6, 6.07) is 11.4. The predicted octanol–water partition coefficient (Wildman–Crippen LogP) is 2.92. The summed E-state index contributed by atoms with van der Waals surface area (Å²) in [6.45, 7) is -0.512. The number of hydrogen-bond acceptors (Lipinski definition) is 5. The van der Waals surface area contributed by atoms with E-state index in [2.05, 4.69) is 10.5 Å². The van der Waals surface area contributed by atoms with Gasteiger partial charge in [0.1, 0.15) is 12.3 Å². The first-order chi connectivity index (χ1) is 12.7. The van der Waals surface area contributed by atoms with Crippen LogP contribution in [-0.2, 0) is 14.8 Å². The molecule has 0 unspecified atom stereocenters. The number of para-hydroxylation sites is 1. The molecule has 0 aromatic heterocycles. The molecule has 0 fully saturated rings. The number of methoxy groups -OCH3 is 1. The molecule has 0 heterocycles. The van der Waals surface area contributed by atoms with E-state index in [0.29, 0.717) is 11.3 Å². The number of sulfonamides is 1. The van der Waals surface area contributed by atoms with Gasteiger partial charge in [0.15, 0.2) is 0 Å². The Morgan fingerprint density at radius 1 is 1.26 bits per heavy atom. The Morgan fingerprint density at radius 2 is 1.96 bits per heavy atom. The first-order valence-corrected chi connectivity index (χ1v) is 10.2. The van der Waals surface area contributed by atoms with E-state index in [-0.39, 0.29) is 15.7 Å². The summed E-state index contributed by atoms with van der Waals surface area (Å²) in [5.74, 6) is -0.0680. The molecule has 0 aliphatic carbocycles. The molecule has 0 saturated heterocycles. The SMILES string of the molecule is COc1ccccc1/C=N\NC(=O)CN(c1cc(Cl)ccc1Cl)S(C)(=O)=O. The first kappa shape index (κ1) is 21.0. The number of rotatable bonds is 7. The van der Waals surface area contributed by atoms with Gasteiger partial charge in [-0.2, -0.15) is 5.10 Å². The van der Waals surface area contributed by atoms with Crippen LogP contribution in [0.2, 0.25) is 10.0 Å². The second-order valence-corrected chi connectivity index (χ2v) is 8.15. The van der Waals surface area contributed by atoms with Crippen LogP contribution in [0, 0.1) is 0 Å². The largest absolute Gasteiger partial charge is 0.496 e. The van der Waals surface area contributed by atoms with Gasteiger partial charge >= 0.3 is 0 Å². The molecule has 7 nitrogen and oxygen atoms in total. The second kappa shape index (κ2) is 9.07. The smallest absolute Gasteiger partial charge is 0.260 e. The average Bonchev–Trinajstić information content (AvgIpc) is 2.61. The average molecular weight is 430 g/mol. The number of hydrazone groups is 1. The zero-order valence-electron chi connectivity index (χ0n) is 14.5. The van der Waals surface area contributed by atoms with E-state index in [4.69, 9.17) is 27.9 Å². The van der Waals surface area contributed by atoms with E-state index in [1.54, 1.807) is 24.3 Å². The van der Waals surface area contributed by atoms with Gasteiger partial charge in [0.25, 0.3) is 5.91 Å². The molecule has 2 rings (SSSR count). The van der Waals surface area contributed by atoms with Crippen molar-refractivity contribution < 1.29 is 17.9 Å². The fourth-order valence-electron chi connectivity index (χ4n) is 2.17. The Balaban J connectivity index is 2.15.